The maximum atomic E-state index is 14.1. The molecule has 6 heteroatoms. The Morgan fingerprint density at radius 3 is 2.76 bits per heavy atom. The first-order valence-electron chi connectivity index (χ1n) is 6.29. The number of rotatable bonds is 3. The third-order valence-electron chi connectivity index (χ3n) is 3.18. The fourth-order valence-electron chi connectivity index (χ4n) is 2.28. The zero-order valence-corrected chi connectivity index (χ0v) is 13.1. The summed E-state index contributed by atoms with van der Waals surface area (Å²) in [5.74, 6) is -0.835. The molecular formula is C15H10BrClF2N2. The summed E-state index contributed by atoms with van der Waals surface area (Å²) in [5, 5.41) is 0. The van der Waals surface area contributed by atoms with E-state index in [1.165, 1.54) is 12.1 Å². The van der Waals surface area contributed by atoms with Gasteiger partial charge >= 0.3 is 0 Å². The number of alkyl halides is 1. The number of aromatic nitrogens is 2. The van der Waals surface area contributed by atoms with Crippen molar-refractivity contribution in [3.8, 4) is 5.69 Å². The molecule has 0 atom stereocenters. The maximum Gasteiger partial charge on any atom is 0.182 e. The van der Waals surface area contributed by atoms with Gasteiger partial charge in [-0.2, -0.15) is 0 Å². The first-order chi connectivity index (χ1) is 10.1. The lowest BCUT2D eigenvalue weighted by molar-refractivity contribution is 0.504. The maximum absolute atomic E-state index is 14.1. The van der Waals surface area contributed by atoms with Crippen molar-refractivity contribution in [1.29, 1.82) is 0 Å². The molecule has 0 N–H and O–H groups in total. The van der Waals surface area contributed by atoms with E-state index in [1.807, 2.05) is 18.2 Å². The molecule has 0 bridgehead atoms. The molecule has 1 aromatic heterocycles. The normalized spacial score (nSPS) is 11.2. The van der Waals surface area contributed by atoms with Crippen LogP contribution < -0.4 is 0 Å². The van der Waals surface area contributed by atoms with Gasteiger partial charge < -0.3 is 0 Å². The minimum Gasteiger partial charge on any atom is -0.293 e. The molecule has 0 fully saturated rings. The van der Waals surface area contributed by atoms with Crippen LogP contribution in [-0.4, -0.2) is 15.4 Å². The molecule has 2 nitrogen and oxygen atoms in total. The highest BCUT2D eigenvalue weighted by Crippen LogP contribution is 2.27. The van der Waals surface area contributed by atoms with Crippen LogP contribution in [0.5, 0.6) is 0 Å². The summed E-state index contributed by atoms with van der Waals surface area (Å²) in [6.45, 7) is 0. The first kappa shape index (κ1) is 14.5. The summed E-state index contributed by atoms with van der Waals surface area (Å²) in [6, 6.07) is 9.59. The quantitative estimate of drug-likeness (QED) is 0.602. The number of aryl methyl sites for hydroxylation is 1. The Kier molecular flexibility index (Phi) is 3.95. The summed E-state index contributed by atoms with van der Waals surface area (Å²) in [5.41, 5.74) is 1.55. The molecular weight excluding hydrogens is 362 g/mol. The van der Waals surface area contributed by atoms with Crippen molar-refractivity contribution in [3.63, 3.8) is 0 Å². The van der Waals surface area contributed by atoms with Gasteiger partial charge in [0.15, 0.2) is 11.6 Å². The Balaban J connectivity index is 2.35. The zero-order chi connectivity index (χ0) is 15.0. The lowest BCUT2D eigenvalue weighted by atomic mass is 10.2. The largest absolute Gasteiger partial charge is 0.293 e. The number of halogens is 4. The molecule has 21 heavy (non-hydrogen) atoms. The van der Waals surface area contributed by atoms with E-state index in [-0.39, 0.29) is 5.69 Å². The third kappa shape index (κ3) is 2.56. The standard InChI is InChI=1S/C15H10BrClF2N2/c16-9-4-5-11-13(8-9)21(14(20-11)6-7-17)12-3-1-2-10(18)15(12)19/h1-5,8H,6-7H2. The van der Waals surface area contributed by atoms with E-state index in [1.54, 1.807) is 4.57 Å². The number of fused-ring (bicyclic) bond motifs is 1. The summed E-state index contributed by atoms with van der Waals surface area (Å²) >= 11 is 9.18. The minimum atomic E-state index is -0.896. The van der Waals surface area contributed by atoms with Crippen molar-refractivity contribution >= 4 is 38.6 Å². The molecule has 3 rings (SSSR count). The van der Waals surface area contributed by atoms with Gasteiger partial charge in [0.1, 0.15) is 5.82 Å². The predicted octanol–water partition coefficient (Wildman–Crippen LogP) is 4.85. The van der Waals surface area contributed by atoms with Gasteiger partial charge in [-0.05, 0) is 30.3 Å². The van der Waals surface area contributed by atoms with E-state index >= 15 is 0 Å². The summed E-state index contributed by atoms with van der Waals surface area (Å²) < 4.78 is 30.1. The smallest absolute Gasteiger partial charge is 0.182 e. The Bertz CT molecular complexity index is 817. The summed E-state index contributed by atoms with van der Waals surface area (Å²) in [4.78, 5) is 4.46. The second kappa shape index (κ2) is 5.73. The highest BCUT2D eigenvalue weighted by molar-refractivity contribution is 9.10. The van der Waals surface area contributed by atoms with Crippen LogP contribution in [0.15, 0.2) is 40.9 Å². The van der Waals surface area contributed by atoms with Gasteiger partial charge in [0.2, 0.25) is 0 Å². The first-order valence-corrected chi connectivity index (χ1v) is 7.62. The van der Waals surface area contributed by atoms with Gasteiger partial charge in [-0.1, -0.05) is 22.0 Å². The average molecular weight is 372 g/mol. The lowest BCUT2D eigenvalue weighted by Crippen LogP contribution is -2.05. The monoisotopic (exact) mass is 370 g/mol. The zero-order valence-electron chi connectivity index (χ0n) is 10.8. The van der Waals surface area contributed by atoms with Crippen molar-refractivity contribution in [1.82, 2.24) is 9.55 Å². The molecule has 0 aliphatic rings. The van der Waals surface area contributed by atoms with Crippen molar-refractivity contribution in [2.75, 3.05) is 5.88 Å². The van der Waals surface area contributed by atoms with Crippen molar-refractivity contribution in [2.45, 2.75) is 6.42 Å². The van der Waals surface area contributed by atoms with E-state index in [4.69, 9.17) is 11.6 Å². The number of hydrogen-bond acceptors (Lipinski definition) is 1. The van der Waals surface area contributed by atoms with E-state index in [9.17, 15) is 8.78 Å². The molecule has 3 aromatic rings. The van der Waals surface area contributed by atoms with Crippen LogP contribution in [0, 0.1) is 11.6 Å². The summed E-state index contributed by atoms with van der Waals surface area (Å²) in [6.07, 6.45) is 0.462. The molecule has 0 saturated heterocycles. The molecule has 0 amide bonds. The van der Waals surface area contributed by atoms with Gasteiger partial charge in [0.25, 0.3) is 0 Å². The number of nitrogens with zero attached hydrogens (tertiary/aromatic N) is 2. The van der Waals surface area contributed by atoms with Crippen LogP contribution in [0.1, 0.15) is 5.82 Å². The van der Waals surface area contributed by atoms with Crippen LogP contribution in [0.4, 0.5) is 8.78 Å². The van der Waals surface area contributed by atoms with Crippen LogP contribution in [-0.2, 0) is 6.42 Å². The van der Waals surface area contributed by atoms with Crippen molar-refractivity contribution in [2.24, 2.45) is 0 Å². The Morgan fingerprint density at radius 1 is 1.19 bits per heavy atom. The Hall–Kier alpha value is -1.46. The van der Waals surface area contributed by atoms with Crippen LogP contribution >= 0.6 is 27.5 Å². The fraction of sp³-hybridized carbons (Fsp3) is 0.133. The topological polar surface area (TPSA) is 17.8 Å². The van der Waals surface area contributed by atoms with Gasteiger partial charge in [-0.25, -0.2) is 13.8 Å². The van der Waals surface area contributed by atoms with Gasteiger partial charge in [-0.15, -0.1) is 11.6 Å². The fourth-order valence-corrected chi connectivity index (χ4v) is 2.80. The van der Waals surface area contributed by atoms with Gasteiger partial charge in [0.05, 0.1) is 16.7 Å². The molecule has 2 aromatic carbocycles. The number of benzene rings is 2. The molecule has 1 heterocycles. The van der Waals surface area contributed by atoms with Gasteiger partial charge in [-0.3, -0.25) is 4.57 Å². The number of hydrogen-bond donors (Lipinski definition) is 0. The van der Waals surface area contributed by atoms with Crippen molar-refractivity contribution in [3.05, 3.63) is 58.3 Å². The predicted molar refractivity (Wildman–Crippen MR) is 83.1 cm³/mol. The van der Waals surface area contributed by atoms with E-state index in [2.05, 4.69) is 20.9 Å². The molecule has 0 aliphatic heterocycles. The summed E-state index contributed by atoms with van der Waals surface area (Å²) in [7, 11) is 0. The molecule has 0 spiro atoms. The Morgan fingerprint density at radius 2 is 2.00 bits per heavy atom. The van der Waals surface area contributed by atoms with Gasteiger partial charge in [0, 0.05) is 16.8 Å². The molecule has 0 aliphatic carbocycles. The third-order valence-corrected chi connectivity index (χ3v) is 3.86. The van der Waals surface area contributed by atoms with Crippen LogP contribution in [0.3, 0.4) is 0 Å². The van der Waals surface area contributed by atoms with Crippen LogP contribution in [0.2, 0.25) is 0 Å². The Labute approximate surface area is 133 Å². The van der Waals surface area contributed by atoms with Crippen LogP contribution in [0.25, 0.3) is 16.7 Å². The average Bonchev–Trinajstić information content (AvgIpc) is 2.80. The van der Waals surface area contributed by atoms with E-state index < -0.39 is 11.6 Å². The highest BCUT2D eigenvalue weighted by Gasteiger charge is 2.17. The molecule has 0 unspecified atom stereocenters. The molecule has 108 valence electrons. The van der Waals surface area contributed by atoms with Crippen molar-refractivity contribution < 1.29 is 8.78 Å². The second-order valence-electron chi connectivity index (χ2n) is 4.51. The SMILES string of the molecule is Fc1cccc(-n2c(CCCl)nc3ccc(Br)cc32)c1F. The second-order valence-corrected chi connectivity index (χ2v) is 5.80. The highest BCUT2D eigenvalue weighted by atomic mass is 79.9. The molecule has 0 saturated carbocycles. The van der Waals surface area contributed by atoms with E-state index in [0.29, 0.717) is 29.2 Å². The lowest BCUT2D eigenvalue weighted by Gasteiger charge is -2.10. The van der Waals surface area contributed by atoms with E-state index in [0.717, 1.165) is 10.5 Å². The minimum absolute atomic E-state index is 0.135. The molecule has 0 radical (unpaired) electrons. The number of imidazole rings is 1.